The molecule has 0 atom stereocenters. The Morgan fingerprint density at radius 3 is 1.68 bits per heavy atom. The first-order chi connectivity index (χ1) is 24.8. The van der Waals surface area contributed by atoms with Crippen LogP contribution in [0.2, 0.25) is 0 Å². The second kappa shape index (κ2) is 11.4. The van der Waals surface area contributed by atoms with Crippen LogP contribution in [0.1, 0.15) is 0 Å². The Morgan fingerprint density at radius 2 is 0.940 bits per heavy atom. The predicted molar refractivity (Wildman–Crippen MR) is 207 cm³/mol. The third-order valence-corrected chi connectivity index (χ3v) is 9.71. The van der Waals surface area contributed by atoms with Gasteiger partial charge in [0, 0.05) is 33.3 Å². The van der Waals surface area contributed by atoms with Gasteiger partial charge in [0.2, 0.25) is 0 Å². The van der Waals surface area contributed by atoms with E-state index in [1.807, 2.05) is 36.4 Å². The first kappa shape index (κ1) is 28.3. The van der Waals surface area contributed by atoms with Gasteiger partial charge >= 0.3 is 0 Å². The lowest BCUT2D eigenvalue weighted by Gasteiger charge is -2.12. The van der Waals surface area contributed by atoms with Crippen molar-refractivity contribution in [1.29, 1.82) is 0 Å². The zero-order chi connectivity index (χ0) is 33.0. The van der Waals surface area contributed by atoms with Crippen molar-refractivity contribution in [2.24, 2.45) is 0 Å². The van der Waals surface area contributed by atoms with Crippen molar-refractivity contribution in [1.82, 2.24) is 18.9 Å². The van der Waals surface area contributed by atoms with Crippen molar-refractivity contribution in [3.05, 3.63) is 182 Å². The van der Waals surface area contributed by atoms with Crippen LogP contribution in [-0.4, -0.2) is 18.9 Å². The molecule has 4 heteroatoms. The molecule has 0 fully saturated rings. The molecule has 234 valence electrons. The summed E-state index contributed by atoms with van der Waals surface area (Å²) < 4.78 is 4.85. The van der Waals surface area contributed by atoms with E-state index in [2.05, 4.69) is 155 Å². The Labute approximate surface area is 289 Å². The van der Waals surface area contributed by atoms with Gasteiger partial charge < -0.3 is 0 Å². The molecule has 0 spiro atoms. The van der Waals surface area contributed by atoms with Gasteiger partial charge in [-0.3, -0.25) is 8.97 Å². The maximum absolute atomic E-state index is 5.08. The number of imidazole rings is 1. The van der Waals surface area contributed by atoms with Crippen molar-refractivity contribution < 1.29 is 0 Å². The molecule has 0 unspecified atom stereocenters. The fourth-order valence-corrected chi connectivity index (χ4v) is 7.38. The molecule has 0 N–H and O–H groups in total. The molecular formula is C46H30N4. The maximum atomic E-state index is 5.08. The first-order valence-electron chi connectivity index (χ1n) is 16.9. The van der Waals surface area contributed by atoms with Gasteiger partial charge in [0.1, 0.15) is 5.65 Å². The van der Waals surface area contributed by atoms with E-state index in [0.29, 0.717) is 5.82 Å². The number of hydrogen-bond acceptors (Lipinski definition) is 2. The van der Waals surface area contributed by atoms with Crippen LogP contribution < -0.4 is 0 Å². The monoisotopic (exact) mass is 638 g/mol. The molecular weight excluding hydrogens is 609 g/mol. The molecule has 3 aromatic heterocycles. The highest BCUT2D eigenvalue weighted by Crippen LogP contribution is 2.41. The minimum atomic E-state index is 0.714. The predicted octanol–water partition coefficient (Wildman–Crippen LogP) is 11.6. The average Bonchev–Trinajstić information content (AvgIpc) is 3.71. The van der Waals surface area contributed by atoms with Gasteiger partial charge in [-0.2, -0.15) is 0 Å². The molecule has 7 aromatic carbocycles. The molecule has 0 saturated carbocycles. The zero-order valence-electron chi connectivity index (χ0n) is 27.1. The van der Waals surface area contributed by atoms with Gasteiger partial charge in [-0.05, 0) is 52.7 Å². The molecule has 0 aliphatic heterocycles. The van der Waals surface area contributed by atoms with Crippen LogP contribution in [0.3, 0.4) is 0 Å². The molecule has 0 radical (unpaired) electrons. The highest BCUT2D eigenvalue weighted by molar-refractivity contribution is 6.09. The summed E-state index contributed by atoms with van der Waals surface area (Å²) in [5, 5.41) is 3.67. The van der Waals surface area contributed by atoms with E-state index in [-0.39, 0.29) is 0 Å². The third kappa shape index (κ3) is 4.54. The van der Waals surface area contributed by atoms with Gasteiger partial charge in [0.05, 0.1) is 27.9 Å². The summed E-state index contributed by atoms with van der Waals surface area (Å²) >= 11 is 0. The highest BCUT2D eigenvalue weighted by atomic mass is 15.1. The second-order valence-electron chi connectivity index (χ2n) is 12.7. The van der Waals surface area contributed by atoms with E-state index >= 15 is 0 Å². The molecule has 0 aliphatic carbocycles. The number of hydrogen-bond donors (Lipinski definition) is 0. The lowest BCUT2D eigenvalue weighted by Crippen LogP contribution is -1.96. The van der Waals surface area contributed by atoms with Gasteiger partial charge in [-0.15, -0.1) is 0 Å². The van der Waals surface area contributed by atoms with E-state index in [1.54, 1.807) is 0 Å². The Hall–Kier alpha value is -6.78. The summed E-state index contributed by atoms with van der Waals surface area (Å²) in [6, 6.07) is 64.3. The number of rotatable bonds is 5. The number of para-hydroxylation sites is 3. The van der Waals surface area contributed by atoms with Crippen molar-refractivity contribution in [2.75, 3.05) is 0 Å². The van der Waals surface area contributed by atoms with Crippen molar-refractivity contribution in [3.63, 3.8) is 0 Å². The van der Waals surface area contributed by atoms with Gasteiger partial charge in [0.15, 0.2) is 5.82 Å². The average molecular weight is 639 g/mol. The van der Waals surface area contributed by atoms with Crippen LogP contribution in [-0.2, 0) is 0 Å². The molecule has 0 bridgehead atoms. The van der Waals surface area contributed by atoms with Crippen molar-refractivity contribution in [3.8, 4) is 50.7 Å². The van der Waals surface area contributed by atoms with Crippen molar-refractivity contribution in [2.45, 2.75) is 0 Å². The molecule has 10 rings (SSSR count). The minimum absolute atomic E-state index is 0.714. The molecule has 3 heterocycles. The van der Waals surface area contributed by atoms with Crippen LogP contribution in [0.5, 0.6) is 0 Å². The van der Waals surface area contributed by atoms with E-state index in [0.717, 1.165) is 45.0 Å². The summed E-state index contributed by atoms with van der Waals surface area (Å²) in [5.74, 6) is 0.714. The largest absolute Gasteiger partial charge is 0.293 e. The fourth-order valence-electron chi connectivity index (χ4n) is 7.38. The SMILES string of the molecule is c1ccc(-c2cc(-c3ccc(-c4c5ccccc5n5c6ccccc6n(-c6ccc7ccccc7c6)c45)cc3)nc(-c3ccccc3)n2)cc1. The zero-order valence-corrected chi connectivity index (χ0v) is 27.1. The number of benzene rings is 7. The van der Waals surface area contributed by atoms with Crippen LogP contribution in [0.15, 0.2) is 182 Å². The van der Waals surface area contributed by atoms with Crippen LogP contribution in [0.25, 0.3) is 89.1 Å². The molecule has 4 nitrogen and oxygen atoms in total. The Kier molecular flexibility index (Phi) is 6.46. The maximum Gasteiger partial charge on any atom is 0.160 e. The van der Waals surface area contributed by atoms with Gasteiger partial charge in [-0.1, -0.05) is 146 Å². The lowest BCUT2D eigenvalue weighted by atomic mass is 10.0. The fraction of sp³-hybridized carbons (Fsp3) is 0. The Balaban J connectivity index is 1.19. The lowest BCUT2D eigenvalue weighted by molar-refractivity contribution is 1.15. The van der Waals surface area contributed by atoms with Crippen molar-refractivity contribution >= 4 is 38.4 Å². The Morgan fingerprint density at radius 1 is 0.380 bits per heavy atom. The van der Waals surface area contributed by atoms with Crippen LogP contribution in [0, 0.1) is 0 Å². The van der Waals surface area contributed by atoms with E-state index in [1.165, 1.54) is 38.3 Å². The van der Waals surface area contributed by atoms with E-state index < -0.39 is 0 Å². The standard InChI is InChI=1S/C46H30N4/c1-3-14-32(15-4-1)39-30-40(48-45(47-39)35-16-5-2-6-17-35)33-23-25-34(26-24-33)44-38-19-9-10-20-41(38)50-43-22-12-11-21-42(43)49(46(44)50)37-28-27-31-13-7-8-18-36(31)29-37/h1-30H. The van der Waals surface area contributed by atoms with E-state index in [4.69, 9.17) is 9.97 Å². The number of aromatic nitrogens is 4. The summed E-state index contributed by atoms with van der Waals surface area (Å²) in [5.41, 5.74) is 13.1. The number of fused-ring (bicyclic) bond motifs is 6. The summed E-state index contributed by atoms with van der Waals surface area (Å²) in [6.07, 6.45) is 0. The second-order valence-corrected chi connectivity index (χ2v) is 12.7. The molecule has 50 heavy (non-hydrogen) atoms. The first-order valence-corrected chi connectivity index (χ1v) is 16.9. The smallest absolute Gasteiger partial charge is 0.160 e. The molecule has 0 saturated heterocycles. The molecule has 0 aliphatic rings. The van der Waals surface area contributed by atoms with Crippen LogP contribution in [0.4, 0.5) is 0 Å². The summed E-state index contributed by atoms with van der Waals surface area (Å²) in [4.78, 5) is 10.1. The Bertz CT molecular complexity index is 2790. The minimum Gasteiger partial charge on any atom is -0.293 e. The summed E-state index contributed by atoms with van der Waals surface area (Å²) in [7, 11) is 0. The molecule has 0 amide bonds. The summed E-state index contributed by atoms with van der Waals surface area (Å²) in [6.45, 7) is 0. The van der Waals surface area contributed by atoms with E-state index in [9.17, 15) is 0 Å². The number of nitrogens with zero attached hydrogens (tertiary/aromatic N) is 4. The van der Waals surface area contributed by atoms with Gasteiger partial charge in [-0.25, -0.2) is 9.97 Å². The third-order valence-electron chi connectivity index (χ3n) is 9.71. The quantitative estimate of drug-likeness (QED) is 0.188. The molecule has 10 aromatic rings. The topological polar surface area (TPSA) is 35.1 Å². The van der Waals surface area contributed by atoms with Crippen LogP contribution >= 0.6 is 0 Å². The normalized spacial score (nSPS) is 11.6. The highest BCUT2D eigenvalue weighted by Gasteiger charge is 2.22. The van der Waals surface area contributed by atoms with Gasteiger partial charge in [0.25, 0.3) is 0 Å².